The third-order valence-corrected chi connectivity index (χ3v) is 17.1. The van der Waals surface area contributed by atoms with Gasteiger partial charge in [-0.05, 0) is 135 Å². The Morgan fingerprint density at radius 1 is 0.333 bits per heavy atom. The van der Waals surface area contributed by atoms with Crippen LogP contribution in [-0.2, 0) is 10.8 Å². The Labute approximate surface area is 305 Å². The highest BCUT2D eigenvalue weighted by Crippen LogP contribution is 2.65. The summed E-state index contributed by atoms with van der Waals surface area (Å²) in [5, 5.41) is 2.89. The molecule has 0 amide bonds. The minimum Gasteiger partial charge on any atom is -0.144 e. The lowest BCUT2D eigenvalue weighted by Crippen LogP contribution is -2.34. The van der Waals surface area contributed by atoms with E-state index in [0.29, 0.717) is 0 Å². The number of thiophene rings is 6. The van der Waals surface area contributed by atoms with Gasteiger partial charge in [-0.3, -0.25) is 0 Å². The quantitative estimate of drug-likeness (QED) is 0.169. The zero-order valence-corrected chi connectivity index (χ0v) is 32.4. The molecule has 10 rings (SSSR count). The van der Waals surface area contributed by atoms with E-state index in [-0.39, 0.29) is 10.8 Å². The van der Waals surface area contributed by atoms with E-state index in [4.69, 9.17) is 0 Å². The van der Waals surface area contributed by atoms with E-state index in [0.717, 1.165) is 0 Å². The molecule has 0 saturated carbocycles. The second kappa shape index (κ2) is 10.2. The smallest absolute Gasteiger partial charge is 0.0908 e. The molecule has 236 valence electrons. The first-order valence-corrected chi connectivity index (χ1v) is 21.2. The summed E-state index contributed by atoms with van der Waals surface area (Å²) >= 11 is 11.8. The normalized spacial score (nSPS) is 15.2. The molecule has 8 aromatic rings. The van der Waals surface area contributed by atoms with Gasteiger partial charge in [-0.15, -0.1) is 68.0 Å². The molecule has 0 nitrogen and oxygen atoms in total. The molecule has 2 aromatic carbocycles. The summed E-state index contributed by atoms with van der Waals surface area (Å²) in [6.45, 7) is 13.6. The summed E-state index contributed by atoms with van der Waals surface area (Å²) in [5.41, 5.74) is 7.82. The van der Waals surface area contributed by atoms with Crippen molar-refractivity contribution in [3.05, 3.63) is 156 Å². The van der Waals surface area contributed by atoms with Crippen molar-refractivity contribution >= 4 is 78.8 Å². The van der Waals surface area contributed by atoms with E-state index < -0.39 is 0 Å². The third kappa shape index (κ3) is 3.69. The van der Waals surface area contributed by atoms with Gasteiger partial charge in [0.2, 0.25) is 0 Å². The fraction of sp³-hybridized carbons (Fsp3) is 0.190. The molecular weight excluding hydrogens is 697 g/mol. The molecule has 0 spiro atoms. The van der Waals surface area contributed by atoms with E-state index in [1.165, 1.54) is 103 Å². The number of fused-ring (bicyclic) bond motifs is 4. The SMILES string of the molecule is Cc1ccc(C2(c3ccc(C)s3)c3cc(C)sc3-c3ccc4c5c(ccc2c35)-c2sc(C)cc2C4(c2ccc(C)s2)c2ccc(C)s2)s1. The lowest BCUT2D eigenvalue weighted by atomic mass is 9.62. The molecule has 0 atom stereocenters. The first-order valence-electron chi connectivity index (χ1n) is 16.3. The Morgan fingerprint density at radius 3 is 0.958 bits per heavy atom. The molecule has 0 radical (unpaired) electrons. The molecule has 0 aliphatic heterocycles. The Bertz CT molecular complexity index is 2340. The molecule has 6 heterocycles. The van der Waals surface area contributed by atoms with Gasteiger partial charge < -0.3 is 0 Å². The zero-order valence-electron chi connectivity index (χ0n) is 27.5. The van der Waals surface area contributed by atoms with E-state index in [1.807, 2.05) is 68.0 Å². The van der Waals surface area contributed by atoms with Crippen molar-refractivity contribution in [1.29, 1.82) is 0 Å². The average Bonchev–Trinajstić information content (AvgIpc) is 3.91. The highest BCUT2D eigenvalue weighted by molar-refractivity contribution is 7.17. The Morgan fingerprint density at radius 2 is 0.667 bits per heavy atom. The molecule has 6 aromatic heterocycles. The predicted octanol–water partition coefficient (Wildman–Crippen LogP) is 13.8. The van der Waals surface area contributed by atoms with Crippen LogP contribution >= 0.6 is 68.0 Å². The maximum Gasteiger partial charge on any atom is 0.0908 e. The van der Waals surface area contributed by atoms with Crippen LogP contribution in [0.1, 0.15) is 71.0 Å². The summed E-state index contributed by atoms with van der Waals surface area (Å²) in [7, 11) is 0. The highest BCUT2D eigenvalue weighted by atomic mass is 32.1. The van der Waals surface area contributed by atoms with Gasteiger partial charge in [-0.25, -0.2) is 0 Å². The third-order valence-electron chi connectivity index (χ3n) is 10.4. The lowest BCUT2D eigenvalue weighted by Gasteiger charge is -2.42. The molecule has 0 fully saturated rings. The van der Waals surface area contributed by atoms with Gasteiger partial charge in [-0.2, -0.15) is 0 Å². The second-order valence-electron chi connectivity index (χ2n) is 13.4. The minimum atomic E-state index is -0.366. The maximum absolute atomic E-state index is 2.52. The number of benzene rings is 2. The van der Waals surface area contributed by atoms with Gasteiger partial charge in [0.15, 0.2) is 0 Å². The van der Waals surface area contributed by atoms with Crippen molar-refractivity contribution in [2.24, 2.45) is 0 Å². The average molecular weight is 729 g/mol. The molecule has 48 heavy (non-hydrogen) atoms. The molecule has 2 aliphatic rings. The van der Waals surface area contributed by atoms with E-state index in [9.17, 15) is 0 Å². The van der Waals surface area contributed by atoms with Crippen LogP contribution in [0.2, 0.25) is 0 Å². The molecule has 0 unspecified atom stereocenters. The summed E-state index contributed by atoms with van der Waals surface area (Å²) in [4.78, 5) is 16.7. The van der Waals surface area contributed by atoms with Crippen LogP contribution in [0, 0.1) is 41.5 Å². The first-order chi connectivity index (χ1) is 23.2. The second-order valence-corrected chi connectivity index (χ2v) is 21.1. The predicted molar refractivity (Wildman–Crippen MR) is 214 cm³/mol. The van der Waals surface area contributed by atoms with Crippen molar-refractivity contribution < 1.29 is 0 Å². The van der Waals surface area contributed by atoms with Crippen LogP contribution in [0.5, 0.6) is 0 Å². The number of hydrogen-bond donors (Lipinski definition) is 0. The van der Waals surface area contributed by atoms with Crippen LogP contribution in [-0.4, -0.2) is 0 Å². The van der Waals surface area contributed by atoms with Crippen LogP contribution in [0.3, 0.4) is 0 Å². The molecule has 2 aliphatic carbocycles. The monoisotopic (exact) mass is 728 g/mol. The van der Waals surface area contributed by atoms with Gasteiger partial charge in [0.05, 0.1) is 10.8 Å². The van der Waals surface area contributed by atoms with Crippen LogP contribution in [0.4, 0.5) is 0 Å². The minimum absolute atomic E-state index is 0.366. The zero-order chi connectivity index (χ0) is 32.7. The van der Waals surface area contributed by atoms with Crippen LogP contribution in [0.25, 0.3) is 31.7 Å². The topological polar surface area (TPSA) is 0 Å². The number of hydrogen-bond acceptors (Lipinski definition) is 6. The largest absolute Gasteiger partial charge is 0.144 e. The van der Waals surface area contributed by atoms with Gasteiger partial charge in [-0.1, -0.05) is 24.3 Å². The van der Waals surface area contributed by atoms with E-state index >= 15 is 0 Å². The van der Waals surface area contributed by atoms with E-state index in [1.54, 1.807) is 0 Å². The molecule has 0 bridgehead atoms. The summed E-state index contributed by atoms with van der Waals surface area (Å²) < 4.78 is 0. The molecular formula is C42H32S6. The maximum atomic E-state index is 2.52. The summed E-state index contributed by atoms with van der Waals surface area (Å²) in [5.74, 6) is 0. The number of rotatable bonds is 4. The standard InChI is InChI=1S/C42H32S6/c1-21-7-15-33(43-21)41(34-16-8-22(2)44-34)29-13-11-28-38-30(14-12-27(37(29)38)39-31(41)19-25(5)47-39)42(35-17-9-23(3)45-35,36-18-10-24(4)46-36)32-20-26(6)48-40(28)32/h7-20H,1-6H3. The van der Waals surface area contributed by atoms with Crippen LogP contribution in [0.15, 0.2) is 84.9 Å². The van der Waals surface area contributed by atoms with Gasteiger partial charge in [0, 0.05) is 69.7 Å². The fourth-order valence-corrected chi connectivity index (χ4v) is 15.4. The van der Waals surface area contributed by atoms with Gasteiger partial charge in [0.25, 0.3) is 0 Å². The Hall–Kier alpha value is -3.10. The molecule has 0 saturated heterocycles. The molecule has 6 heteroatoms. The lowest BCUT2D eigenvalue weighted by molar-refractivity contribution is 0.780. The van der Waals surface area contributed by atoms with E-state index in [2.05, 4.69) is 126 Å². The fourth-order valence-electron chi connectivity index (χ4n) is 8.62. The summed E-state index contributed by atoms with van der Waals surface area (Å²) in [6.07, 6.45) is 0. The molecule has 0 N–H and O–H groups in total. The Balaban J connectivity index is 1.45. The Kier molecular flexibility index (Phi) is 6.34. The highest BCUT2D eigenvalue weighted by Gasteiger charge is 2.51. The van der Waals surface area contributed by atoms with Crippen molar-refractivity contribution in [2.75, 3.05) is 0 Å². The van der Waals surface area contributed by atoms with Crippen LogP contribution < -0.4 is 0 Å². The van der Waals surface area contributed by atoms with Gasteiger partial charge >= 0.3 is 0 Å². The van der Waals surface area contributed by atoms with Crippen molar-refractivity contribution in [1.82, 2.24) is 0 Å². The first kappa shape index (κ1) is 29.8. The summed E-state index contributed by atoms with van der Waals surface area (Å²) in [6, 6.07) is 34.0. The number of aryl methyl sites for hydroxylation is 6. The van der Waals surface area contributed by atoms with Crippen molar-refractivity contribution in [3.8, 4) is 20.9 Å². The van der Waals surface area contributed by atoms with Crippen molar-refractivity contribution in [2.45, 2.75) is 52.4 Å². The van der Waals surface area contributed by atoms with Crippen molar-refractivity contribution in [3.63, 3.8) is 0 Å². The van der Waals surface area contributed by atoms with Gasteiger partial charge in [0.1, 0.15) is 0 Å².